The van der Waals surface area contributed by atoms with E-state index in [2.05, 4.69) is 14.5 Å². The van der Waals surface area contributed by atoms with Crippen LogP contribution in [0.25, 0.3) is 0 Å². The maximum atomic E-state index is 12.0. The first-order valence-electron chi connectivity index (χ1n) is 7.78. The van der Waals surface area contributed by atoms with E-state index in [1.165, 1.54) is 12.8 Å². The van der Waals surface area contributed by atoms with Crippen molar-refractivity contribution in [2.75, 3.05) is 32.9 Å². The third-order valence-corrected chi connectivity index (χ3v) is 4.13. The van der Waals surface area contributed by atoms with Crippen molar-refractivity contribution in [3.8, 4) is 0 Å². The topological polar surface area (TPSA) is 56.6 Å². The number of hydrogen-bond acceptors (Lipinski definition) is 5. The molecule has 1 aliphatic carbocycles. The molecule has 6 nitrogen and oxygen atoms in total. The van der Waals surface area contributed by atoms with Crippen molar-refractivity contribution in [3.63, 3.8) is 0 Å². The molecule has 1 atom stereocenters. The van der Waals surface area contributed by atoms with Crippen LogP contribution in [0.3, 0.4) is 0 Å². The zero-order valence-electron chi connectivity index (χ0n) is 12.5. The van der Waals surface area contributed by atoms with E-state index < -0.39 is 0 Å². The molecule has 2 heterocycles. The minimum absolute atomic E-state index is 0.0380. The molecule has 2 aliphatic rings. The first-order chi connectivity index (χ1) is 10.3. The molecule has 0 radical (unpaired) electrons. The lowest BCUT2D eigenvalue weighted by molar-refractivity contribution is -0.145. The van der Waals surface area contributed by atoms with Gasteiger partial charge in [0.1, 0.15) is 0 Å². The summed E-state index contributed by atoms with van der Waals surface area (Å²) in [5.74, 6) is -0.141. The summed E-state index contributed by atoms with van der Waals surface area (Å²) >= 11 is 0. The Labute approximate surface area is 125 Å². The van der Waals surface area contributed by atoms with Gasteiger partial charge in [0.2, 0.25) is 0 Å². The van der Waals surface area contributed by atoms with Crippen LogP contribution in [0, 0.1) is 0 Å². The normalized spacial score (nSPS) is 21.2. The summed E-state index contributed by atoms with van der Waals surface area (Å²) in [6, 6.07) is 0.601. The van der Waals surface area contributed by atoms with Crippen LogP contribution in [-0.2, 0) is 14.3 Å². The van der Waals surface area contributed by atoms with Crippen molar-refractivity contribution >= 4 is 5.97 Å². The van der Waals surface area contributed by atoms with Gasteiger partial charge in [0, 0.05) is 25.3 Å². The zero-order chi connectivity index (χ0) is 14.7. The molecule has 116 valence electrons. The van der Waals surface area contributed by atoms with Crippen LogP contribution in [0.2, 0.25) is 0 Å². The Hall–Kier alpha value is -1.40. The van der Waals surface area contributed by atoms with Crippen molar-refractivity contribution in [2.45, 2.75) is 38.3 Å². The molecule has 0 spiro atoms. The number of carbonyl (C=O) groups is 1. The fourth-order valence-corrected chi connectivity index (χ4v) is 2.92. The average Bonchev–Trinajstić information content (AvgIpc) is 3.24. The quantitative estimate of drug-likeness (QED) is 0.745. The van der Waals surface area contributed by atoms with Gasteiger partial charge in [-0.05, 0) is 19.8 Å². The Morgan fingerprint density at radius 2 is 2.24 bits per heavy atom. The lowest BCUT2D eigenvalue weighted by Gasteiger charge is -2.34. The highest BCUT2D eigenvalue weighted by atomic mass is 16.5. The van der Waals surface area contributed by atoms with E-state index in [1.807, 2.05) is 19.4 Å². The van der Waals surface area contributed by atoms with Crippen molar-refractivity contribution in [3.05, 3.63) is 18.2 Å². The highest BCUT2D eigenvalue weighted by Crippen LogP contribution is 2.38. The largest absolute Gasteiger partial charge is 0.466 e. The highest BCUT2D eigenvalue weighted by Gasteiger charge is 2.32. The van der Waals surface area contributed by atoms with Crippen LogP contribution in [0.5, 0.6) is 0 Å². The maximum Gasteiger partial charge on any atom is 0.307 e. The van der Waals surface area contributed by atoms with Gasteiger partial charge >= 0.3 is 5.97 Å². The Kier molecular flexibility index (Phi) is 4.55. The predicted molar refractivity (Wildman–Crippen MR) is 76.9 cm³/mol. The summed E-state index contributed by atoms with van der Waals surface area (Å²) in [6.07, 6.45) is 6.59. The fourth-order valence-electron chi connectivity index (χ4n) is 2.92. The number of rotatable bonds is 6. The zero-order valence-corrected chi connectivity index (χ0v) is 12.5. The summed E-state index contributed by atoms with van der Waals surface area (Å²) in [7, 11) is 0. The molecule has 21 heavy (non-hydrogen) atoms. The lowest BCUT2D eigenvalue weighted by Crippen LogP contribution is -2.40. The number of nitrogens with zero attached hydrogens (tertiary/aromatic N) is 3. The predicted octanol–water partition coefficient (Wildman–Crippen LogP) is 1.54. The van der Waals surface area contributed by atoms with E-state index >= 15 is 0 Å². The first-order valence-corrected chi connectivity index (χ1v) is 7.78. The summed E-state index contributed by atoms with van der Waals surface area (Å²) in [6.45, 7) is 5.40. The van der Waals surface area contributed by atoms with Crippen LogP contribution in [-0.4, -0.2) is 53.3 Å². The van der Waals surface area contributed by atoms with Crippen molar-refractivity contribution in [2.24, 2.45) is 0 Å². The number of aromatic nitrogens is 2. The Balaban J connectivity index is 1.79. The molecule has 1 aromatic rings. The summed E-state index contributed by atoms with van der Waals surface area (Å²) in [5.41, 5.74) is 1.13. The summed E-state index contributed by atoms with van der Waals surface area (Å²) in [4.78, 5) is 18.6. The number of imidazole rings is 1. The maximum absolute atomic E-state index is 12.0. The number of carbonyl (C=O) groups excluding carboxylic acids is 1. The Morgan fingerprint density at radius 3 is 2.90 bits per heavy atom. The molecule has 3 rings (SSSR count). The third-order valence-electron chi connectivity index (χ3n) is 4.13. The monoisotopic (exact) mass is 293 g/mol. The van der Waals surface area contributed by atoms with E-state index in [4.69, 9.17) is 9.47 Å². The van der Waals surface area contributed by atoms with E-state index in [0.29, 0.717) is 19.1 Å². The Morgan fingerprint density at radius 1 is 1.48 bits per heavy atom. The summed E-state index contributed by atoms with van der Waals surface area (Å²) < 4.78 is 12.8. The average molecular weight is 293 g/mol. The third kappa shape index (κ3) is 3.44. The van der Waals surface area contributed by atoms with E-state index in [9.17, 15) is 4.79 Å². The van der Waals surface area contributed by atoms with Gasteiger partial charge in [-0.15, -0.1) is 0 Å². The lowest BCUT2D eigenvalue weighted by atomic mass is 10.1. The molecule has 6 heteroatoms. The molecule has 0 aromatic carbocycles. The van der Waals surface area contributed by atoms with Crippen LogP contribution < -0.4 is 0 Å². The van der Waals surface area contributed by atoms with Crippen LogP contribution >= 0.6 is 0 Å². The standard InChI is InChI=1S/C15H23N3O3/c1-2-21-15(19)9-13(17-5-7-20-8-6-17)14-10-16-11-18(14)12-3-4-12/h10-13H,2-9H2,1H3. The second-order valence-electron chi connectivity index (χ2n) is 5.63. The number of hydrogen-bond donors (Lipinski definition) is 0. The first kappa shape index (κ1) is 14.5. The second kappa shape index (κ2) is 6.58. The molecule has 0 amide bonds. The van der Waals surface area contributed by atoms with Gasteiger partial charge in [0.15, 0.2) is 0 Å². The van der Waals surface area contributed by atoms with Crippen LogP contribution in [0.4, 0.5) is 0 Å². The number of esters is 1. The van der Waals surface area contributed by atoms with Gasteiger partial charge in [-0.1, -0.05) is 0 Å². The van der Waals surface area contributed by atoms with Gasteiger partial charge in [-0.3, -0.25) is 9.69 Å². The summed E-state index contributed by atoms with van der Waals surface area (Å²) in [5, 5.41) is 0. The van der Waals surface area contributed by atoms with E-state index in [0.717, 1.165) is 32.0 Å². The van der Waals surface area contributed by atoms with Gasteiger partial charge in [0.25, 0.3) is 0 Å². The minimum Gasteiger partial charge on any atom is -0.466 e. The van der Waals surface area contributed by atoms with Crippen LogP contribution in [0.1, 0.15) is 44.0 Å². The van der Waals surface area contributed by atoms with Crippen molar-refractivity contribution in [1.82, 2.24) is 14.5 Å². The van der Waals surface area contributed by atoms with Crippen molar-refractivity contribution in [1.29, 1.82) is 0 Å². The smallest absolute Gasteiger partial charge is 0.307 e. The number of ether oxygens (including phenoxy) is 2. The van der Waals surface area contributed by atoms with Gasteiger partial charge < -0.3 is 14.0 Å². The highest BCUT2D eigenvalue weighted by molar-refractivity contribution is 5.70. The van der Waals surface area contributed by atoms with Crippen molar-refractivity contribution < 1.29 is 14.3 Å². The second-order valence-corrected chi connectivity index (χ2v) is 5.63. The molecule has 0 N–H and O–H groups in total. The molecule has 1 saturated heterocycles. The van der Waals surface area contributed by atoms with Gasteiger partial charge in [-0.2, -0.15) is 0 Å². The van der Waals surface area contributed by atoms with Crippen LogP contribution in [0.15, 0.2) is 12.5 Å². The molecule has 0 bridgehead atoms. The molecule has 1 unspecified atom stereocenters. The van der Waals surface area contributed by atoms with Gasteiger partial charge in [0.05, 0.1) is 44.3 Å². The van der Waals surface area contributed by atoms with E-state index in [1.54, 1.807) is 0 Å². The molecular formula is C15H23N3O3. The number of morpholine rings is 1. The molecule has 1 aromatic heterocycles. The minimum atomic E-state index is -0.141. The fraction of sp³-hybridized carbons (Fsp3) is 0.733. The molecule has 2 fully saturated rings. The Bertz CT molecular complexity index is 478. The van der Waals surface area contributed by atoms with Gasteiger partial charge in [-0.25, -0.2) is 4.98 Å². The van der Waals surface area contributed by atoms with E-state index in [-0.39, 0.29) is 12.0 Å². The molecular weight excluding hydrogens is 270 g/mol. The SMILES string of the molecule is CCOC(=O)CC(c1cncn1C1CC1)N1CCOCC1. The molecule has 1 aliphatic heterocycles. The molecule has 1 saturated carbocycles.